The number of methoxy groups -OCH3 is 1. The van der Waals surface area contributed by atoms with E-state index in [1.807, 2.05) is 67.8 Å². The van der Waals surface area contributed by atoms with Gasteiger partial charge in [-0.05, 0) is 55.8 Å². The number of thioether (sulfide) groups is 1. The van der Waals surface area contributed by atoms with Crippen molar-refractivity contribution in [3.05, 3.63) is 70.6 Å². The van der Waals surface area contributed by atoms with E-state index in [2.05, 4.69) is 20.3 Å². The van der Waals surface area contributed by atoms with E-state index in [-0.39, 0.29) is 11.9 Å². The van der Waals surface area contributed by atoms with Gasteiger partial charge in [-0.3, -0.25) is 4.57 Å². The Hall–Kier alpha value is -3.04. The van der Waals surface area contributed by atoms with Crippen LogP contribution in [0.3, 0.4) is 0 Å². The second-order valence-corrected chi connectivity index (χ2v) is 9.01. The minimum Gasteiger partial charge on any atom is -0.497 e. The lowest BCUT2D eigenvalue weighted by atomic mass is 10.2. The topological polar surface area (TPSA) is 88.1 Å². The highest BCUT2D eigenvalue weighted by molar-refractivity contribution is 7.99. The van der Waals surface area contributed by atoms with E-state index >= 15 is 0 Å². The Kier molecular flexibility index (Phi) is 7.20. The molecule has 0 radical (unpaired) electrons. The van der Waals surface area contributed by atoms with Crippen LogP contribution in [0.2, 0.25) is 5.02 Å². The zero-order valence-corrected chi connectivity index (χ0v) is 20.4. The first-order chi connectivity index (χ1) is 16.0. The average Bonchev–Trinajstić information content (AvgIpc) is 3.47. The summed E-state index contributed by atoms with van der Waals surface area (Å²) in [5, 5.41) is 14.0. The number of halogens is 1. The summed E-state index contributed by atoms with van der Waals surface area (Å²) in [6.45, 7) is 6.16. The van der Waals surface area contributed by atoms with Crippen molar-refractivity contribution in [1.82, 2.24) is 24.9 Å². The highest BCUT2D eigenvalue weighted by Gasteiger charge is 2.22. The van der Waals surface area contributed by atoms with E-state index in [1.54, 1.807) is 7.11 Å². The molecule has 0 fully saturated rings. The van der Waals surface area contributed by atoms with Gasteiger partial charge in [0.2, 0.25) is 5.89 Å². The Labute approximate surface area is 201 Å². The van der Waals surface area contributed by atoms with Gasteiger partial charge in [0.05, 0.1) is 18.0 Å². The van der Waals surface area contributed by atoms with Gasteiger partial charge in [-0.15, -0.1) is 10.2 Å². The summed E-state index contributed by atoms with van der Waals surface area (Å²) in [6, 6.07) is 13.2. The van der Waals surface area contributed by atoms with Crippen molar-refractivity contribution in [2.24, 2.45) is 0 Å². The molecule has 1 unspecified atom stereocenters. The highest BCUT2D eigenvalue weighted by Crippen LogP contribution is 2.35. The first-order valence-corrected chi connectivity index (χ1v) is 11.7. The maximum atomic E-state index is 6.42. The number of hydrogen-bond donors (Lipinski definition) is 0. The normalized spacial score (nSPS) is 12.0. The Morgan fingerprint density at radius 3 is 2.55 bits per heavy atom. The molecule has 0 saturated carbocycles. The molecular weight excluding hydrogens is 462 g/mol. The zero-order valence-electron chi connectivity index (χ0n) is 18.8. The second-order valence-electron chi connectivity index (χ2n) is 7.29. The van der Waals surface area contributed by atoms with Crippen LogP contribution >= 0.6 is 23.4 Å². The molecule has 0 bridgehead atoms. The van der Waals surface area contributed by atoms with Crippen molar-refractivity contribution in [3.8, 4) is 17.2 Å². The molecule has 2 aromatic heterocycles. The van der Waals surface area contributed by atoms with Crippen LogP contribution in [-0.2, 0) is 13.0 Å². The van der Waals surface area contributed by atoms with Gasteiger partial charge in [-0.1, -0.05) is 41.5 Å². The van der Waals surface area contributed by atoms with Crippen molar-refractivity contribution in [2.45, 2.75) is 44.2 Å². The van der Waals surface area contributed by atoms with Crippen LogP contribution < -0.4 is 9.47 Å². The minimum atomic E-state index is -0.114. The van der Waals surface area contributed by atoms with E-state index in [4.69, 9.17) is 25.6 Å². The average molecular weight is 486 g/mol. The van der Waals surface area contributed by atoms with Gasteiger partial charge in [0.1, 0.15) is 18.1 Å². The van der Waals surface area contributed by atoms with Crippen LogP contribution in [0.5, 0.6) is 11.5 Å². The summed E-state index contributed by atoms with van der Waals surface area (Å²) in [7, 11) is 1.63. The number of ether oxygens (including phenoxy) is 2. The molecule has 0 spiro atoms. The van der Waals surface area contributed by atoms with Crippen molar-refractivity contribution >= 4 is 23.4 Å². The van der Waals surface area contributed by atoms with E-state index < -0.39 is 0 Å². The fraction of sp³-hybridized carbons (Fsp3) is 0.304. The summed E-state index contributed by atoms with van der Waals surface area (Å²) < 4.78 is 18.5. The molecule has 172 valence electrons. The third kappa shape index (κ3) is 5.31. The predicted octanol–water partition coefficient (Wildman–Crippen LogP) is 5.62. The highest BCUT2D eigenvalue weighted by atomic mass is 35.5. The van der Waals surface area contributed by atoms with Crippen LogP contribution in [0.15, 0.2) is 52.1 Å². The molecule has 33 heavy (non-hydrogen) atoms. The smallest absolute Gasteiger partial charge is 0.239 e. The lowest BCUT2D eigenvalue weighted by Gasteiger charge is -2.13. The molecule has 1 atom stereocenters. The largest absolute Gasteiger partial charge is 0.497 e. The van der Waals surface area contributed by atoms with E-state index in [0.29, 0.717) is 39.9 Å². The molecule has 4 aromatic rings. The lowest BCUT2D eigenvalue weighted by Crippen LogP contribution is -2.07. The standard InChI is InChI=1S/C23H24ClN5O3S/c1-5-20-25-22(32-28-20)15(3)33-23-27-26-21(13-31-18-10-8-17(30-4)9-11-18)29(23)16-7-6-14(2)19(24)12-16/h6-12,15H,5,13H2,1-4H3. The number of aryl methyl sites for hydroxylation is 2. The van der Waals surface area contributed by atoms with Gasteiger partial charge in [-0.2, -0.15) is 4.98 Å². The van der Waals surface area contributed by atoms with Gasteiger partial charge < -0.3 is 14.0 Å². The van der Waals surface area contributed by atoms with Gasteiger partial charge in [-0.25, -0.2) is 0 Å². The molecule has 0 N–H and O–H groups in total. The SMILES string of the molecule is CCc1noc(C(C)Sc2nnc(COc3ccc(OC)cc3)n2-c2ccc(C)c(Cl)c2)n1. The summed E-state index contributed by atoms with van der Waals surface area (Å²) in [5.74, 6) is 3.33. The number of aromatic nitrogens is 5. The van der Waals surface area contributed by atoms with Crippen LogP contribution in [-0.4, -0.2) is 32.0 Å². The van der Waals surface area contributed by atoms with Gasteiger partial charge in [0.25, 0.3) is 0 Å². The molecule has 2 aromatic carbocycles. The monoisotopic (exact) mass is 485 g/mol. The molecule has 10 heteroatoms. The summed E-state index contributed by atoms with van der Waals surface area (Å²) in [6.07, 6.45) is 0.714. The van der Waals surface area contributed by atoms with E-state index in [1.165, 1.54) is 11.8 Å². The van der Waals surface area contributed by atoms with Crippen molar-refractivity contribution in [1.29, 1.82) is 0 Å². The predicted molar refractivity (Wildman–Crippen MR) is 126 cm³/mol. The summed E-state index contributed by atoms with van der Waals surface area (Å²) >= 11 is 7.90. The number of nitrogens with zero attached hydrogens (tertiary/aromatic N) is 5. The maximum absolute atomic E-state index is 6.42. The fourth-order valence-corrected chi connectivity index (χ4v) is 4.15. The number of rotatable bonds is 9. The third-order valence-electron chi connectivity index (χ3n) is 4.97. The van der Waals surface area contributed by atoms with Crippen LogP contribution in [0.4, 0.5) is 0 Å². The molecule has 0 saturated heterocycles. The van der Waals surface area contributed by atoms with E-state index in [0.717, 1.165) is 17.0 Å². The number of hydrogen-bond acceptors (Lipinski definition) is 8. The first kappa shape index (κ1) is 23.1. The third-order valence-corrected chi connectivity index (χ3v) is 6.41. The van der Waals surface area contributed by atoms with Crippen LogP contribution in [0.25, 0.3) is 5.69 Å². The summed E-state index contributed by atoms with van der Waals surface area (Å²) in [5.41, 5.74) is 1.84. The maximum Gasteiger partial charge on any atom is 0.239 e. The molecule has 4 rings (SSSR count). The summed E-state index contributed by atoms with van der Waals surface area (Å²) in [4.78, 5) is 4.44. The van der Waals surface area contributed by atoms with Gasteiger partial charge in [0.15, 0.2) is 16.8 Å². The molecule has 8 nitrogen and oxygen atoms in total. The first-order valence-electron chi connectivity index (χ1n) is 10.4. The zero-order chi connectivity index (χ0) is 23.4. The molecule has 0 aliphatic rings. The molecule has 0 aliphatic carbocycles. The van der Waals surface area contributed by atoms with Crippen molar-refractivity contribution < 1.29 is 14.0 Å². The Balaban J connectivity index is 1.62. The molecule has 0 aliphatic heterocycles. The van der Waals surface area contributed by atoms with Gasteiger partial charge in [0, 0.05) is 11.4 Å². The van der Waals surface area contributed by atoms with Gasteiger partial charge >= 0.3 is 0 Å². The van der Waals surface area contributed by atoms with E-state index in [9.17, 15) is 0 Å². The molecule has 2 heterocycles. The lowest BCUT2D eigenvalue weighted by molar-refractivity contribution is 0.292. The van der Waals surface area contributed by atoms with Crippen molar-refractivity contribution in [3.63, 3.8) is 0 Å². The molecular formula is C23H24ClN5O3S. The Morgan fingerprint density at radius 1 is 1.12 bits per heavy atom. The fourth-order valence-electron chi connectivity index (χ4n) is 3.05. The quantitative estimate of drug-likeness (QED) is 0.282. The Bertz CT molecular complexity index is 1230. The minimum absolute atomic E-state index is 0.114. The second kappa shape index (κ2) is 10.3. The van der Waals surface area contributed by atoms with Crippen molar-refractivity contribution in [2.75, 3.05) is 7.11 Å². The molecule has 0 amide bonds. The van der Waals surface area contributed by atoms with Crippen LogP contribution in [0, 0.1) is 6.92 Å². The van der Waals surface area contributed by atoms with Crippen LogP contribution in [0.1, 0.15) is 42.2 Å². The number of benzene rings is 2. The Morgan fingerprint density at radius 2 is 1.88 bits per heavy atom.